The third kappa shape index (κ3) is 6.07. The number of benzene rings is 3. The lowest BCUT2D eigenvalue weighted by Crippen LogP contribution is -1.87. The molecule has 0 saturated carbocycles. The van der Waals surface area contributed by atoms with Crippen LogP contribution in [-0.4, -0.2) is 24.4 Å². The van der Waals surface area contributed by atoms with E-state index in [1.807, 2.05) is 6.07 Å². The van der Waals surface area contributed by atoms with Gasteiger partial charge < -0.3 is 10.2 Å². The molecule has 2 N–H and O–H groups in total. The topological polar surface area (TPSA) is 40.5 Å². The first-order chi connectivity index (χ1) is 11.4. The molecule has 120 valence electrons. The van der Waals surface area contributed by atoms with Gasteiger partial charge in [-0.25, -0.2) is 0 Å². The number of aliphatic hydroxyl groups is 2. The van der Waals surface area contributed by atoms with Crippen LogP contribution in [0, 0.1) is 0 Å². The molecule has 0 aliphatic carbocycles. The molecule has 0 aromatic heterocycles. The Morgan fingerprint density at radius 1 is 0.478 bits per heavy atom. The van der Waals surface area contributed by atoms with Crippen LogP contribution in [0.5, 0.6) is 0 Å². The molecular weight excluding hydrogens is 284 g/mol. The molecule has 0 unspecified atom stereocenters. The maximum atomic E-state index is 7.00. The van der Waals surface area contributed by atoms with E-state index < -0.39 is 0 Å². The van der Waals surface area contributed by atoms with E-state index in [0.29, 0.717) is 0 Å². The van der Waals surface area contributed by atoms with Crippen molar-refractivity contribution in [2.24, 2.45) is 0 Å². The maximum Gasteiger partial charge on any atom is 0.0319 e. The summed E-state index contributed by atoms with van der Waals surface area (Å²) in [6, 6.07) is 29.9. The summed E-state index contributed by atoms with van der Waals surface area (Å²) in [6.07, 6.45) is 0.996. The Hall–Kier alpha value is -2.42. The van der Waals surface area contributed by atoms with Gasteiger partial charge in [-0.1, -0.05) is 84.9 Å². The van der Waals surface area contributed by atoms with Crippen molar-refractivity contribution < 1.29 is 10.2 Å². The van der Waals surface area contributed by atoms with Crippen molar-refractivity contribution in [1.29, 1.82) is 0 Å². The first kappa shape index (κ1) is 18.6. The van der Waals surface area contributed by atoms with Gasteiger partial charge in [0.05, 0.1) is 0 Å². The lowest BCUT2D eigenvalue weighted by molar-refractivity contribution is 0.399. The van der Waals surface area contributed by atoms with Crippen molar-refractivity contribution in [3.8, 4) is 11.1 Å². The standard InChI is InChI=1S/C19H16.2CH4O/c1-3-7-16(8-4-1)15-17-11-13-19(14-12-17)18-9-5-2-6-10-18;2*1-2/h1-14H,15H2;2*2H,1H3. The zero-order valence-corrected chi connectivity index (χ0v) is 13.7. The Labute approximate surface area is 138 Å². The Kier molecular flexibility index (Phi) is 9.06. The van der Waals surface area contributed by atoms with E-state index in [0.717, 1.165) is 20.6 Å². The summed E-state index contributed by atoms with van der Waals surface area (Å²) < 4.78 is 0. The summed E-state index contributed by atoms with van der Waals surface area (Å²) in [4.78, 5) is 0. The molecule has 0 fully saturated rings. The Bertz CT molecular complexity index is 632. The van der Waals surface area contributed by atoms with E-state index in [2.05, 4.69) is 78.9 Å². The van der Waals surface area contributed by atoms with E-state index in [-0.39, 0.29) is 0 Å². The van der Waals surface area contributed by atoms with Crippen LogP contribution in [0.15, 0.2) is 84.9 Å². The van der Waals surface area contributed by atoms with Gasteiger partial charge in [-0.3, -0.25) is 0 Å². The van der Waals surface area contributed by atoms with Gasteiger partial charge >= 0.3 is 0 Å². The molecule has 3 aromatic rings. The van der Waals surface area contributed by atoms with Gasteiger partial charge in [-0.2, -0.15) is 0 Å². The zero-order chi connectivity index (χ0) is 16.9. The molecule has 0 atom stereocenters. The molecule has 0 spiro atoms. The molecule has 2 nitrogen and oxygen atoms in total. The molecule has 0 saturated heterocycles. The van der Waals surface area contributed by atoms with Crippen molar-refractivity contribution in [3.05, 3.63) is 96.1 Å². The van der Waals surface area contributed by atoms with E-state index in [9.17, 15) is 0 Å². The van der Waals surface area contributed by atoms with Crippen LogP contribution in [-0.2, 0) is 6.42 Å². The van der Waals surface area contributed by atoms with Gasteiger partial charge in [0.25, 0.3) is 0 Å². The van der Waals surface area contributed by atoms with Crippen molar-refractivity contribution >= 4 is 0 Å². The predicted octanol–water partition coefficient (Wildman–Crippen LogP) is 4.16. The van der Waals surface area contributed by atoms with Crippen molar-refractivity contribution in [2.45, 2.75) is 6.42 Å². The minimum Gasteiger partial charge on any atom is -0.400 e. The zero-order valence-electron chi connectivity index (χ0n) is 13.7. The fourth-order valence-electron chi connectivity index (χ4n) is 2.28. The van der Waals surface area contributed by atoms with E-state index in [4.69, 9.17) is 10.2 Å². The van der Waals surface area contributed by atoms with Gasteiger partial charge in [0.15, 0.2) is 0 Å². The predicted molar refractivity (Wildman–Crippen MR) is 97.4 cm³/mol. The molecule has 0 amide bonds. The summed E-state index contributed by atoms with van der Waals surface area (Å²) in [7, 11) is 2.00. The average Bonchev–Trinajstić information content (AvgIpc) is 2.67. The largest absolute Gasteiger partial charge is 0.400 e. The fourth-order valence-corrected chi connectivity index (χ4v) is 2.28. The highest BCUT2D eigenvalue weighted by Gasteiger charge is 1.98. The summed E-state index contributed by atoms with van der Waals surface area (Å²) in [6.45, 7) is 0. The molecule has 2 heteroatoms. The summed E-state index contributed by atoms with van der Waals surface area (Å²) in [5.41, 5.74) is 5.26. The second-order valence-electron chi connectivity index (χ2n) is 4.73. The van der Waals surface area contributed by atoms with Crippen molar-refractivity contribution in [1.82, 2.24) is 0 Å². The molecule has 0 radical (unpaired) electrons. The number of hydrogen-bond donors (Lipinski definition) is 2. The van der Waals surface area contributed by atoms with E-state index in [1.54, 1.807) is 0 Å². The Balaban J connectivity index is 0.000000615. The molecule has 23 heavy (non-hydrogen) atoms. The maximum absolute atomic E-state index is 7.00. The number of rotatable bonds is 3. The SMILES string of the molecule is CO.CO.c1ccc(Cc2ccc(-c3ccccc3)cc2)cc1. The average molecular weight is 308 g/mol. The third-order valence-corrected chi connectivity index (χ3v) is 3.31. The van der Waals surface area contributed by atoms with Crippen LogP contribution in [0.4, 0.5) is 0 Å². The first-order valence-corrected chi connectivity index (χ1v) is 7.49. The molecular formula is C21H24O2. The second-order valence-corrected chi connectivity index (χ2v) is 4.73. The Morgan fingerprint density at radius 2 is 0.870 bits per heavy atom. The molecule has 0 bridgehead atoms. The van der Waals surface area contributed by atoms with Gasteiger partial charge in [-0.15, -0.1) is 0 Å². The van der Waals surface area contributed by atoms with Gasteiger partial charge in [0.1, 0.15) is 0 Å². The highest BCUT2D eigenvalue weighted by atomic mass is 16.2. The van der Waals surface area contributed by atoms with Crippen molar-refractivity contribution in [2.75, 3.05) is 14.2 Å². The van der Waals surface area contributed by atoms with Crippen LogP contribution in [0.1, 0.15) is 11.1 Å². The fraction of sp³-hybridized carbons (Fsp3) is 0.143. The van der Waals surface area contributed by atoms with Crippen LogP contribution in [0.25, 0.3) is 11.1 Å². The van der Waals surface area contributed by atoms with E-state index in [1.165, 1.54) is 22.3 Å². The molecule has 0 heterocycles. The summed E-state index contributed by atoms with van der Waals surface area (Å²) in [5.74, 6) is 0. The monoisotopic (exact) mass is 308 g/mol. The summed E-state index contributed by atoms with van der Waals surface area (Å²) >= 11 is 0. The van der Waals surface area contributed by atoms with Crippen LogP contribution in [0.2, 0.25) is 0 Å². The molecule has 0 aliphatic rings. The van der Waals surface area contributed by atoms with Crippen LogP contribution < -0.4 is 0 Å². The normalized spacial score (nSPS) is 9.04. The van der Waals surface area contributed by atoms with Gasteiger partial charge in [0.2, 0.25) is 0 Å². The number of aliphatic hydroxyl groups excluding tert-OH is 2. The highest BCUT2D eigenvalue weighted by Crippen LogP contribution is 2.20. The van der Waals surface area contributed by atoms with Gasteiger partial charge in [0, 0.05) is 14.2 Å². The number of hydrogen-bond acceptors (Lipinski definition) is 2. The smallest absolute Gasteiger partial charge is 0.0319 e. The minimum atomic E-state index is 0.996. The van der Waals surface area contributed by atoms with Crippen LogP contribution >= 0.6 is 0 Å². The third-order valence-electron chi connectivity index (χ3n) is 3.31. The first-order valence-electron chi connectivity index (χ1n) is 7.49. The lowest BCUT2D eigenvalue weighted by Gasteiger charge is -2.05. The second kappa shape index (κ2) is 11.2. The molecule has 3 aromatic carbocycles. The Morgan fingerprint density at radius 3 is 1.39 bits per heavy atom. The molecule has 0 aliphatic heterocycles. The minimum absolute atomic E-state index is 0.996. The lowest BCUT2D eigenvalue weighted by atomic mass is 10.0. The highest BCUT2D eigenvalue weighted by molar-refractivity contribution is 5.63. The van der Waals surface area contributed by atoms with Gasteiger partial charge in [-0.05, 0) is 28.7 Å². The van der Waals surface area contributed by atoms with E-state index >= 15 is 0 Å². The summed E-state index contributed by atoms with van der Waals surface area (Å²) in [5, 5.41) is 14.0. The quantitative estimate of drug-likeness (QED) is 0.762. The molecule has 3 rings (SSSR count). The van der Waals surface area contributed by atoms with Crippen LogP contribution in [0.3, 0.4) is 0 Å². The van der Waals surface area contributed by atoms with Crippen molar-refractivity contribution in [3.63, 3.8) is 0 Å².